The van der Waals surface area contributed by atoms with Gasteiger partial charge in [0, 0.05) is 5.69 Å². The Morgan fingerprint density at radius 1 is 1.00 bits per heavy atom. The fourth-order valence-corrected chi connectivity index (χ4v) is 4.30. The summed E-state index contributed by atoms with van der Waals surface area (Å²) in [6, 6.07) is 19.0. The summed E-state index contributed by atoms with van der Waals surface area (Å²) in [7, 11) is -3.61. The van der Waals surface area contributed by atoms with Gasteiger partial charge in [-0.1, -0.05) is 65.0 Å². The number of hydrogen-bond donors (Lipinski definition) is 1. The smallest absolute Gasteiger partial charge is 0.238 e. The Hall–Kier alpha value is -2.44. The number of rotatable bonds is 7. The van der Waals surface area contributed by atoms with E-state index in [1.54, 1.807) is 12.1 Å². The van der Waals surface area contributed by atoms with Crippen LogP contribution in [0.3, 0.4) is 0 Å². The van der Waals surface area contributed by atoms with Gasteiger partial charge in [0.1, 0.15) is 0 Å². The molecular weight excluding hydrogens is 394 g/mol. The van der Waals surface area contributed by atoms with Crippen molar-refractivity contribution in [2.45, 2.75) is 57.9 Å². The lowest BCUT2D eigenvalue weighted by Crippen LogP contribution is -2.23. The number of para-hydroxylation sites is 1. The molecule has 0 spiro atoms. The molecule has 6 heteroatoms. The summed E-state index contributed by atoms with van der Waals surface area (Å²) in [5.74, 6) is 0.468. The van der Waals surface area contributed by atoms with Gasteiger partial charge in [0.15, 0.2) is 0 Å². The van der Waals surface area contributed by atoms with Crippen LogP contribution < -0.4 is 4.72 Å². The minimum absolute atomic E-state index is 0.0210. The molecule has 1 heterocycles. The van der Waals surface area contributed by atoms with Gasteiger partial charge in [-0.25, -0.2) is 17.8 Å². The monoisotopic (exact) mass is 425 g/mol. The van der Waals surface area contributed by atoms with Gasteiger partial charge < -0.3 is 0 Å². The minimum Gasteiger partial charge on any atom is -0.238 e. The van der Waals surface area contributed by atoms with Crippen molar-refractivity contribution in [3.63, 3.8) is 0 Å². The van der Waals surface area contributed by atoms with Crippen LogP contribution in [0.2, 0.25) is 0 Å². The number of benzene rings is 2. The zero-order chi connectivity index (χ0) is 21.9. The minimum atomic E-state index is -3.61. The molecule has 0 atom stereocenters. The standard InChI is InChI=1S/C24H31N3O2S/c1-18(2)15-22-16-20(26-27(22)21-9-7-6-8-10-21)17-25-30(28,29)23-13-11-19(12-14-23)24(3,4)5/h6-14,16,18,25H,15,17H2,1-5H3. The van der Waals surface area contributed by atoms with E-state index in [-0.39, 0.29) is 16.9 Å². The topological polar surface area (TPSA) is 64.0 Å². The van der Waals surface area contributed by atoms with Crippen molar-refractivity contribution >= 4 is 10.0 Å². The Labute approximate surface area is 180 Å². The maximum Gasteiger partial charge on any atom is 0.240 e. The number of nitrogens with zero attached hydrogens (tertiary/aromatic N) is 2. The van der Waals surface area contributed by atoms with Crippen LogP contribution in [0, 0.1) is 5.92 Å². The van der Waals surface area contributed by atoms with Crippen LogP contribution >= 0.6 is 0 Å². The van der Waals surface area contributed by atoms with E-state index < -0.39 is 10.0 Å². The first kappa shape index (κ1) is 22.2. The van der Waals surface area contributed by atoms with E-state index in [0.717, 1.165) is 23.4 Å². The Balaban J connectivity index is 1.80. The summed E-state index contributed by atoms with van der Waals surface area (Å²) in [4.78, 5) is 0.264. The van der Waals surface area contributed by atoms with Gasteiger partial charge in [-0.15, -0.1) is 0 Å². The third kappa shape index (κ3) is 5.37. The fourth-order valence-electron chi connectivity index (χ4n) is 3.30. The molecular formula is C24H31N3O2S. The Bertz CT molecular complexity index is 1080. The molecule has 2 aromatic carbocycles. The second-order valence-corrected chi connectivity index (χ2v) is 10.8. The molecule has 0 aliphatic carbocycles. The molecule has 1 aromatic heterocycles. The maximum atomic E-state index is 12.8. The van der Waals surface area contributed by atoms with Crippen molar-refractivity contribution in [1.29, 1.82) is 0 Å². The summed E-state index contributed by atoms with van der Waals surface area (Å²) in [5, 5.41) is 4.67. The summed E-state index contributed by atoms with van der Waals surface area (Å²) in [5.41, 5.74) is 3.82. The van der Waals surface area contributed by atoms with Gasteiger partial charge in [-0.3, -0.25) is 0 Å². The molecule has 1 N–H and O–H groups in total. The summed E-state index contributed by atoms with van der Waals surface area (Å²) >= 11 is 0. The molecule has 0 saturated carbocycles. The van der Waals surface area contributed by atoms with E-state index in [1.807, 2.05) is 53.2 Å². The largest absolute Gasteiger partial charge is 0.240 e. The molecule has 0 radical (unpaired) electrons. The van der Waals surface area contributed by atoms with Crippen LogP contribution in [-0.4, -0.2) is 18.2 Å². The predicted molar refractivity (Wildman–Crippen MR) is 121 cm³/mol. The Kier molecular flexibility index (Phi) is 6.48. The first-order valence-electron chi connectivity index (χ1n) is 10.3. The van der Waals surface area contributed by atoms with Gasteiger partial charge in [0.05, 0.1) is 22.8 Å². The SMILES string of the molecule is CC(C)Cc1cc(CNS(=O)(=O)c2ccc(C(C)(C)C)cc2)nn1-c1ccccc1. The van der Waals surface area contributed by atoms with Gasteiger partial charge in [0.2, 0.25) is 10.0 Å². The Morgan fingerprint density at radius 2 is 1.63 bits per heavy atom. The summed E-state index contributed by atoms with van der Waals surface area (Å²) < 4.78 is 30.1. The second kappa shape index (κ2) is 8.74. The lowest BCUT2D eigenvalue weighted by Gasteiger charge is -2.19. The molecule has 30 heavy (non-hydrogen) atoms. The van der Waals surface area contributed by atoms with Crippen molar-refractivity contribution in [2.75, 3.05) is 0 Å². The number of sulfonamides is 1. The maximum absolute atomic E-state index is 12.8. The van der Waals surface area contributed by atoms with Crippen molar-refractivity contribution in [1.82, 2.24) is 14.5 Å². The second-order valence-electron chi connectivity index (χ2n) is 9.07. The van der Waals surface area contributed by atoms with Crippen LogP contribution in [0.4, 0.5) is 0 Å². The highest BCUT2D eigenvalue weighted by atomic mass is 32.2. The first-order valence-corrected chi connectivity index (χ1v) is 11.8. The molecule has 3 rings (SSSR count). The van der Waals surface area contributed by atoms with Gasteiger partial charge in [0.25, 0.3) is 0 Å². The highest BCUT2D eigenvalue weighted by molar-refractivity contribution is 7.89. The van der Waals surface area contributed by atoms with E-state index in [0.29, 0.717) is 11.6 Å². The van der Waals surface area contributed by atoms with Gasteiger partial charge in [-0.2, -0.15) is 5.10 Å². The molecule has 0 aliphatic heterocycles. The zero-order valence-corrected chi connectivity index (χ0v) is 19.2. The molecule has 0 amide bonds. The van der Waals surface area contributed by atoms with E-state index in [2.05, 4.69) is 44.4 Å². The van der Waals surface area contributed by atoms with E-state index in [1.165, 1.54) is 0 Å². The molecule has 3 aromatic rings. The van der Waals surface area contributed by atoms with Gasteiger partial charge >= 0.3 is 0 Å². The lowest BCUT2D eigenvalue weighted by molar-refractivity contribution is 0.577. The van der Waals surface area contributed by atoms with E-state index in [9.17, 15) is 8.42 Å². The molecule has 0 bridgehead atoms. The van der Waals surface area contributed by atoms with Crippen molar-refractivity contribution < 1.29 is 8.42 Å². The first-order chi connectivity index (χ1) is 14.1. The van der Waals surface area contributed by atoms with Crippen LogP contribution in [0.25, 0.3) is 5.69 Å². The van der Waals surface area contributed by atoms with E-state index in [4.69, 9.17) is 0 Å². The van der Waals surface area contributed by atoms with Crippen molar-refractivity contribution in [3.05, 3.63) is 77.6 Å². The van der Waals surface area contributed by atoms with Crippen molar-refractivity contribution in [3.8, 4) is 5.69 Å². The summed E-state index contributed by atoms with van der Waals surface area (Å²) in [6.45, 7) is 10.8. The number of hydrogen-bond acceptors (Lipinski definition) is 3. The average Bonchev–Trinajstić information content (AvgIpc) is 3.09. The Morgan fingerprint density at radius 3 is 2.20 bits per heavy atom. The quantitative estimate of drug-likeness (QED) is 0.589. The van der Waals surface area contributed by atoms with Crippen LogP contribution in [0.15, 0.2) is 65.6 Å². The third-order valence-electron chi connectivity index (χ3n) is 4.93. The highest BCUT2D eigenvalue weighted by Crippen LogP contribution is 2.23. The molecule has 5 nitrogen and oxygen atoms in total. The number of nitrogens with one attached hydrogen (secondary N) is 1. The normalized spacial score (nSPS) is 12.5. The van der Waals surface area contributed by atoms with Crippen LogP contribution in [-0.2, 0) is 28.4 Å². The fraction of sp³-hybridized carbons (Fsp3) is 0.375. The summed E-state index contributed by atoms with van der Waals surface area (Å²) in [6.07, 6.45) is 0.864. The van der Waals surface area contributed by atoms with Crippen LogP contribution in [0.5, 0.6) is 0 Å². The third-order valence-corrected chi connectivity index (χ3v) is 6.34. The molecule has 0 fully saturated rings. The lowest BCUT2D eigenvalue weighted by atomic mass is 9.87. The van der Waals surface area contributed by atoms with Crippen molar-refractivity contribution in [2.24, 2.45) is 5.92 Å². The molecule has 0 saturated heterocycles. The number of aromatic nitrogens is 2. The highest BCUT2D eigenvalue weighted by Gasteiger charge is 2.19. The molecule has 0 aliphatic rings. The van der Waals surface area contributed by atoms with Crippen LogP contribution in [0.1, 0.15) is 51.6 Å². The van der Waals surface area contributed by atoms with E-state index >= 15 is 0 Å². The van der Waals surface area contributed by atoms with Gasteiger partial charge in [-0.05, 0) is 53.6 Å². The average molecular weight is 426 g/mol. The zero-order valence-electron chi connectivity index (χ0n) is 18.4. The molecule has 160 valence electrons. The predicted octanol–water partition coefficient (Wildman–Crippen LogP) is 4.85. The molecule has 0 unspecified atom stereocenters.